The number of benzene rings is 1. The van der Waals surface area contributed by atoms with Crippen LogP contribution < -0.4 is 5.32 Å². The third kappa shape index (κ3) is 5.83. The molecule has 0 radical (unpaired) electrons. The molecule has 0 saturated carbocycles. The first-order valence-electron chi connectivity index (χ1n) is 6.27. The second-order valence-corrected chi connectivity index (χ2v) is 5.05. The Morgan fingerprint density at radius 1 is 1.39 bits per heavy atom. The average Bonchev–Trinajstić information content (AvgIpc) is 2.32. The predicted octanol–water partition coefficient (Wildman–Crippen LogP) is 2.40. The van der Waals surface area contributed by atoms with E-state index < -0.39 is 0 Å². The Hall–Kier alpha value is -0.610. The van der Waals surface area contributed by atoms with E-state index in [1.807, 2.05) is 18.2 Å². The number of nitrogens with one attached hydrogen (secondary N) is 1. The molecule has 3 nitrogen and oxygen atoms in total. The molecule has 0 heterocycles. The summed E-state index contributed by atoms with van der Waals surface area (Å²) in [7, 11) is 3.83. The van der Waals surface area contributed by atoms with Crippen molar-refractivity contribution in [2.45, 2.75) is 19.5 Å². The van der Waals surface area contributed by atoms with E-state index in [1.165, 1.54) is 5.56 Å². The summed E-state index contributed by atoms with van der Waals surface area (Å²) < 4.78 is 5.08. The molecule has 1 N–H and O–H groups in total. The van der Waals surface area contributed by atoms with Crippen molar-refractivity contribution in [2.75, 3.05) is 33.9 Å². The highest BCUT2D eigenvalue weighted by molar-refractivity contribution is 6.31. The van der Waals surface area contributed by atoms with Gasteiger partial charge < -0.3 is 15.0 Å². The SMILES string of the molecule is COCC(C)NCCN(C)Cc1ccccc1Cl. The van der Waals surface area contributed by atoms with Crippen LogP contribution in [0.2, 0.25) is 5.02 Å². The van der Waals surface area contributed by atoms with E-state index in [0.29, 0.717) is 6.04 Å². The summed E-state index contributed by atoms with van der Waals surface area (Å²) >= 11 is 6.14. The van der Waals surface area contributed by atoms with Crippen LogP contribution in [-0.2, 0) is 11.3 Å². The molecule has 0 aliphatic carbocycles. The van der Waals surface area contributed by atoms with Crippen molar-refractivity contribution in [2.24, 2.45) is 0 Å². The summed E-state index contributed by atoms with van der Waals surface area (Å²) in [5.41, 5.74) is 1.17. The molecule has 18 heavy (non-hydrogen) atoms. The molecule has 0 bridgehead atoms. The van der Waals surface area contributed by atoms with Gasteiger partial charge in [0.15, 0.2) is 0 Å². The number of methoxy groups -OCH3 is 1. The molecular formula is C14H23ClN2O. The maximum atomic E-state index is 6.14. The largest absolute Gasteiger partial charge is 0.383 e. The lowest BCUT2D eigenvalue weighted by atomic mass is 10.2. The average molecular weight is 271 g/mol. The van der Waals surface area contributed by atoms with Crippen molar-refractivity contribution in [3.8, 4) is 0 Å². The zero-order valence-corrected chi connectivity index (χ0v) is 12.2. The molecule has 1 unspecified atom stereocenters. The fourth-order valence-electron chi connectivity index (χ4n) is 1.81. The highest BCUT2D eigenvalue weighted by Gasteiger charge is 2.04. The standard InChI is InChI=1S/C14H23ClN2O/c1-12(11-18-3)16-8-9-17(2)10-13-6-4-5-7-14(13)15/h4-7,12,16H,8-11H2,1-3H3. The summed E-state index contributed by atoms with van der Waals surface area (Å²) in [5.74, 6) is 0. The van der Waals surface area contributed by atoms with Crippen molar-refractivity contribution < 1.29 is 4.74 Å². The summed E-state index contributed by atoms with van der Waals surface area (Å²) in [6.07, 6.45) is 0. The summed E-state index contributed by atoms with van der Waals surface area (Å²) in [6, 6.07) is 8.38. The molecule has 1 aromatic carbocycles. The minimum Gasteiger partial charge on any atom is -0.383 e. The number of rotatable bonds is 8. The lowest BCUT2D eigenvalue weighted by Crippen LogP contribution is -2.36. The Morgan fingerprint density at radius 2 is 2.11 bits per heavy atom. The number of hydrogen-bond donors (Lipinski definition) is 1. The third-order valence-corrected chi connectivity index (χ3v) is 3.17. The Morgan fingerprint density at radius 3 is 2.78 bits per heavy atom. The zero-order chi connectivity index (χ0) is 13.4. The second-order valence-electron chi connectivity index (χ2n) is 4.64. The first-order valence-corrected chi connectivity index (χ1v) is 6.65. The second kappa shape index (κ2) is 8.48. The van der Waals surface area contributed by atoms with Crippen LogP contribution in [0.5, 0.6) is 0 Å². The summed E-state index contributed by atoms with van der Waals surface area (Å²) in [6.45, 7) is 5.68. The summed E-state index contributed by atoms with van der Waals surface area (Å²) in [5, 5.41) is 4.25. The van der Waals surface area contributed by atoms with Gasteiger partial charge in [0, 0.05) is 37.8 Å². The number of nitrogens with zero attached hydrogens (tertiary/aromatic N) is 1. The van der Waals surface area contributed by atoms with Gasteiger partial charge in [0.1, 0.15) is 0 Å². The molecule has 4 heteroatoms. The quantitative estimate of drug-likeness (QED) is 0.785. The molecular weight excluding hydrogens is 248 g/mol. The van der Waals surface area contributed by atoms with Gasteiger partial charge in [-0.25, -0.2) is 0 Å². The maximum Gasteiger partial charge on any atom is 0.0613 e. The van der Waals surface area contributed by atoms with Gasteiger partial charge in [-0.1, -0.05) is 29.8 Å². The molecule has 0 saturated heterocycles. The van der Waals surface area contributed by atoms with Crippen LogP contribution in [0.15, 0.2) is 24.3 Å². The van der Waals surface area contributed by atoms with Crippen LogP contribution in [0.4, 0.5) is 0 Å². The third-order valence-electron chi connectivity index (χ3n) is 2.80. The molecule has 1 atom stereocenters. The highest BCUT2D eigenvalue weighted by Crippen LogP contribution is 2.16. The Kier molecular flexibility index (Phi) is 7.28. The lowest BCUT2D eigenvalue weighted by molar-refractivity contribution is 0.170. The topological polar surface area (TPSA) is 24.5 Å². The van der Waals surface area contributed by atoms with Gasteiger partial charge >= 0.3 is 0 Å². The molecule has 1 rings (SSSR count). The van der Waals surface area contributed by atoms with Crippen LogP contribution in [0, 0.1) is 0 Å². The summed E-state index contributed by atoms with van der Waals surface area (Å²) in [4.78, 5) is 2.26. The molecule has 0 fully saturated rings. The monoisotopic (exact) mass is 270 g/mol. The fourth-order valence-corrected chi connectivity index (χ4v) is 2.00. The Labute approximate surface area is 115 Å². The van der Waals surface area contributed by atoms with E-state index in [1.54, 1.807) is 7.11 Å². The van der Waals surface area contributed by atoms with E-state index in [4.69, 9.17) is 16.3 Å². The molecule has 0 aliphatic heterocycles. The van der Waals surface area contributed by atoms with E-state index >= 15 is 0 Å². The molecule has 1 aromatic rings. The van der Waals surface area contributed by atoms with Crippen molar-refractivity contribution in [1.29, 1.82) is 0 Å². The first-order chi connectivity index (χ1) is 8.63. The van der Waals surface area contributed by atoms with Gasteiger partial charge in [0.2, 0.25) is 0 Å². The van der Waals surface area contributed by atoms with Crippen LogP contribution in [0.1, 0.15) is 12.5 Å². The van der Waals surface area contributed by atoms with Crippen LogP contribution in [0.3, 0.4) is 0 Å². The van der Waals surface area contributed by atoms with Crippen molar-refractivity contribution in [1.82, 2.24) is 10.2 Å². The van der Waals surface area contributed by atoms with E-state index in [9.17, 15) is 0 Å². The highest BCUT2D eigenvalue weighted by atomic mass is 35.5. The molecule has 0 amide bonds. The van der Waals surface area contributed by atoms with Gasteiger partial charge in [0.05, 0.1) is 6.61 Å². The first kappa shape index (κ1) is 15.4. The van der Waals surface area contributed by atoms with Gasteiger partial charge in [-0.05, 0) is 25.6 Å². The lowest BCUT2D eigenvalue weighted by Gasteiger charge is -2.19. The Bertz CT molecular complexity index is 346. The number of halogens is 1. The minimum absolute atomic E-state index is 0.392. The van der Waals surface area contributed by atoms with Gasteiger partial charge in [-0.3, -0.25) is 0 Å². The normalized spacial score (nSPS) is 12.9. The van der Waals surface area contributed by atoms with Crippen LogP contribution in [0.25, 0.3) is 0 Å². The molecule has 0 spiro atoms. The maximum absolute atomic E-state index is 6.14. The molecule has 0 aliphatic rings. The van der Waals surface area contributed by atoms with Crippen molar-refractivity contribution in [3.63, 3.8) is 0 Å². The van der Waals surface area contributed by atoms with E-state index in [0.717, 1.165) is 31.3 Å². The van der Waals surface area contributed by atoms with Crippen LogP contribution in [-0.4, -0.2) is 44.8 Å². The molecule has 102 valence electrons. The zero-order valence-electron chi connectivity index (χ0n) is 11.4. The van der Waals surface area contributed by atoms with Crippen molar-refractivity contribution >= 4 is 11.6 Å². The smallest absolute Gasteiger partial charge is 0.0613 e. The number of likely N-dealkylation sites (N-methyl/N-ethyl adjacent to an activating group) is 1. The molecule has 0 aromatic heterocycles. The van der Waals surface area contributed by atoms with E-state index in [-0.39, 0.29) is 0 Å². The van der Waals surface area contributed by atoms with Gasteiger partial charge in [-0.15, -0.1) is 0 Å². The van der Waals surface area contributed by atoms with Crippen LogP contribution >= 0.6 is 11.6 Å². The minimum atomic E-state index is 0.392. The van der Waals surface area contributed by atoms with E-state index in [2.05, 4.69) is 30.3 Å². The number of ether oxygens (including phenoxy) is 1. The predicted molar refractivity (Wildman–Crippen MR) is 77.1 cm³/mol. The Balaban J connectivity index is 2.26. The van der Waals surface area contributed by atoms with Gasteiger partial charge in [-0.2, -0.15) is 0 Å². The fraction of sp³-hybridized carbons (Fsp3) is 0.571. The van der Waals surface area contributed by atoms with Gasteiger partial charge in [0.25, 0.3) is 0 Å². The van der Waals surface area contributed by atoms with Crippen molar-refractivity contribution in [3.05, 3.63) is 34.9 Å². The number of hydrogen-bond acceptors (Lipinski definition) is 3.